The van der Waals surface area contributed by atoms with Gasteiger partial charge in [0.1, 0.15) is 17.6 Å². The second-order valence-corrected chi connectivity index (χ2v) is 4.79. The van der Waals surface area contributed by atoms with E-state index in [-0.39, 0.29) is 6.04 Å². The summed E-state index contributed by atoms with van der Waals surface area (Å²) in [5, 5.41) is 3.74. The number of hydrogen-bond acceptors (Lipinski definition) is 4. The first kappa shape index (κ1) is 14.8. The topological polar surface area (TPSA) is 47.0 Å². The highest BCUT2D eigenvalue weighted by Crippen LogP contribution is 2.19. The van der Waals surface area contributed by atoms with Crippen molar-refractivity contribution in [2.45, 2.75) is 26.5 Å². The van der Waals surface area contributed by atoms with Crippen LogP contribution in [-0.2, 0) is 11.3 Å². The predicted octanol–water partition coefficient (Wildman–Crippen LogP) is 3.84. The van der Waals surface area contributed by atoms with Crippen molar-refractivity contribution in [3.8, 4) is 0 Å². The molecule has 0 saturated carbocycles. The van der Waals surface area contributed by atoms with E-state index in [0.29, 0.717) is 30.0 Å². The molecule has 0 fully saturated rings. The van der Waals surface area contributed by atoms with Crippen LogP contribution in [0.5, 0.6) is 0 Å². The molecule has 0 aliphatic rings. The molecule has 1 atom stereocenters. The van der Waals surface area contributed by atoms with E-state index in [1.165, 1.54) is 5.56 Å². The highest BCUT2D eigenvalue weighted by Gasteiger charge is 2.08. The van der Waals surface area contributed by atoms with Gasteiger partial charge < -0.3 is 10.1 Å². The molecular weight excluding hydrogens is 274 g/mol. The Balaban J connectivity index is 2.10. The van der Waals surface area contributed by atoms with Crippen LogP contribution in [0.3, 0.4) is 0 Å². The molecule has 4 nitrogen and oxygen atoms in total. The Kier molecular flexibility index (Phi) is 5.32. The van der Waals surface area contributed by atoms with E-state index in [2.05, 4.69) is 34.3 Å². The number of benzene rings is 1. The molecule has 2 aromatic rings. The average molecular weight is 292 g/mol. The van der Waals surface area contributed by atoms with Gasteiger partial charge in [0.05, 0.1) is 0 Å². The summed E-state index contributed by atoms with van der Waals surface area (Å²) < 4.78 is 5.31. The smallest absolute Gasteiger partial charge is 0.158 e. The number of halogens is 1. The fraction of sp³-hybridized carbons (Fsp3) is 0.333. The maximum Gasteiger partial charge on any atom is 0.158 e. The molecule has 1 aromatic heterocycles. The lowest BCUT2D eigenvalue weighted by Gasteiger charge is -2.15. The molecule has 1 aromatic carbocycles. The number of ether oxygens (including phenoxy) is 1. The Morgan fingerprint density at radius 2 is 2.00 bits per heavy atom. The lowest BCUT2D eigenvalue weighted by Crippen LogP contribution is -2.10. The first-order valence-electron chi connectivity index (χ1n) is 6.61. The predicted molar refractivity (Wildman–Crippen MR) is 80.9 cm³/mol. The van der Waals surface area contributed by atoms with E-state index in [1.807, 2.05) is 25.1 Å². The number of nitrogens with one attached hydrogen (secondary N) is 1. The van der Waals surface area contributed by atoms with Gasteiger partial charge in [-0.25, -0.2) is 9.97 Å². The molecule has 20 heavy (non-hydrogen) atoms. The summed E-state index contributed by atoms with van der Waals surface area (Å²) in [6, 6.07) is 12.0. The normalized spacial score (nSPS) is 12.2. The number of hydrogen-bond donors (Lipinski definition) is 1. The van der Waals surface area contributed by atoms with Crippen LogP contribution < -0.4 is 5.32 Å². The first-order valence-corrected chi connectivity index (χ1v) is 6.99. The molecule has 0 aliphatic heterocycles. The number of anilines is 1. The van der Waals surface area contributed by atoms with Gasteiger partial charge in [-0.3, -0.25) is 0 Å². The van der Waals surface area contributed by atoms with Gasteiger partial charge in [0.25, 0.3) is 0 Å². The molecule has 2 rings (SSSR count). The van der Waals surface area contributed by atoms with E-state index in [9.17, 15) is 0 Å². The van der Waals surface area contributed by atoms with Crippen molar-refractivity contribution in [2.75, 3.05) is 11.9 Å². The lowest BCUT2D eigenvalue weighted by atomic mass is 10.1. The minimum Gasteiger partial charge on any atom is -0.374 e. The van der Waals surface area contributed by atoms with E-state index in [4.69, 9.17) is 16.3 Å². The number of nitrogens with zero attached hydrogens (tertiary/aromatic N) is 2. The summed E-state index contributed by atoms with van der Waals surface area (Å²) in [5.41, 5.74) is 1.19. The Morgan fingerprint density at radius 1 is 1.25 bits per heavy atom. The van der Waals surface area contributed by atoms with Gasteiger partial charge in [-0.15, -0.1) is 0 Å². The third-order valence-corrected chi connectivity index (χ3v) is 3.03. The molecule has 0 bridgehead atoms. The SMILES string of the molecule is CCOCc1nc(Cl)cc(NC(C)c2ccccc2)n1. The van der Waals surface area contributed by atoms with Crippen molar-refractivity contribution >= 4 is 17.4 Å². The van der Waals surface area contributed by atoms with Gasteiger partial charge in [-0.2, -0.15) is 0 Å². The van der Waals surface area contributed by atoms with Crippen LogP contribution in [0.25, 0.3) is 0 Å². The Labute approximate surface area is 124 Å². The summed E-state index contributed by atoms with van der Waals surface area (Å²) in [7, 11) is 0. The van der Waals surface area contributed by atoms with Crippen molar-refractivity contribution in [2.24, 2.45) is 0 Å². The van der Waals surface area contributed by atoms with E-state index < -0.39 is 0 Å². The van der Waals surface area contributed by atoms with Gasteiger partial charge >= 0.3 is 0 Å². The molecule has 0 aliphatic carbocycles. The molecular formula is C15H18ClN3O. The maximum absolute atomic E-state index is 6.01. The van der Waals surface area contributed by atoms with Crippen LogP contribution in [0.4, 0.5) is 5.82 Å². The molecule has 1 heterocycles. The van der Waals surface area contributed by atoms with E-state index in [0.717, 1.165) is 0 Å². The second kappa shape index (κ2) is 7.22. The van der Waals surface area contributed by atoms with Gasteiger partial charge in [0.2, 0.25) is 0 Å². The van der Waals surface area contributed by atoms with E-state index in [1.54, 1.807) is 6.07 Å². The standard InChI is InChI=1S/C15H18ClN3O/c1-3-20-10-15-18-13(16)9-14(19-15)17-11(2)12-7-5-4-6-8-12/h4-9,11H,3,10H2,1-2H3,(H,17,18,19). The minimum absolute atomic E-state index is 0.141. The summed E-state index contributed by atoms with van der Waals surface area (Å²) >= 11 is 6.01. The first-order chi connectivity index (χ1) is 9.69. The fourth-order valence-electron chi connectivity index (χ4n) is 1.84. The molecule has 1 N–H and O–H groups in total. The minimum atomic E-state index is 0.141. The molecule has 0 saturated heterocycles. The zero-order valence-corrected chi connectivity index (χ0v) is 12.4. The van der Waals surface area contributed by atoms with E-state index >= 15 is 0 Å². The highest BCUT2D eigenvalue weighted by atomic mass is 35.5. The van der Waals surface area contributed by atoms with Gasteiger partial charge in [0, 0.05) is 18.7 Å². The van der Waals surface area contributed by atoms with Crippen molar-refractivity contribution < 1.29 is 4.74 Å². The monoisotopic (exact) mass is 291 g/mol. The number of aromatic nitrogens is 2. The van der Waals surface area contributed by atoms with Crippen LogP contribution >= 0.6 is 11.6 Å². The zero-order chi connectivity index (χ0) is 14.4. The zero-order valence-electron chi connectivity index (χ0n) is 11.6. The van der Waals surface area contributed by atoms with Gasteiger partial charge in [-0.1, -0.05) is 41.9 Å². The molecule has 1 unspecified atom stereocenters. The molecule has 5 heteroatoms. The lowest BCUT2D eigenvalue weighted by molar-refractivity contribution is 0.128. The fourth-order valence-corrected chi connectivity index (χ4v) is 2.04. The van der Waals surface area contributed by atoms with Crippen LogP contribution in [0.15, 0.2) is 36.4 Å². The molecule has 106 valence electrons. The third kappa shape index (κ3) is 4.18. The van der Waals surface area contributed by atoms with Crippen molar-refractivity contribution in [1.82, 2.24) is 9.97 Å². The maximum atomic E-state index is 6.01. The third-order valence-electron chi connectivity index (χ3n) is 2.84. The van der Waals surface area contributed by atoms with Crippen LogP contribution in [0.1, 0.15) is 31.3 Å². The van der Waals surface area contributed by atoms with Crippen molar-refractivity contribution in [3.05, 3.63) is 52.9 Å². The highest BCUT2D eigenvalue weighted by molar-refractivity contribution is 6.29. The summed E-state index contributed by atoms with van der Waals surface area (Å²) in [6.07, 6.45) is 0. The van der Waals surface area contributed by atoms with Crippen LogP contribution in [-0.4, -0.2) is 16.6 Å². The molecule has 0 amide bonds. The summed E-state index contributed by atoms with van der Waals surface area (Å²) in [5.74, 6) is 1.29. The summed E-state index contributed by atoms with van der Waals surface area (Å²) in [4.78, 5) is 8.55. The Morgan fingerprint density at radius 3 is 2.70 bits per heavy atom. The van der Waals surface area contributed by atoms with Crippen LogP contribution in [0.2, 0.25) is 5.15 Å². The van der Waals surface area contributed by atoms with Crippen molar-refractivity contribution in [1.29, 1.82) is 0 Å². The molecule has 0 spiro atoms. The summed E-state index contributed by atoms with van der Waals surface area (Å²) in [6.45, 7) is 5.00. The van der Waals surface area contributed by atoms with Crippen molar-refractivity contribution in [3.63, 3.8) is 0 Å². The Bertz CT molecular complexity index is 548. The Hall–Kier alpha value is -1.65. The number of rotatable bonds is 6. The average Bonchev–Trinajstić information content (AvgIpc) is 2.45. The largest absolute Gasteiger partial charge is 0.374 e. The van der Waals surface area contributed by atoms with Crippen LogP contribution in [0, 0.1) is 0 Å². The molecule has 0 radical (unpaired) electrons. The van der Waals surface area contributed by atoms with Gasteiger partial charge in [-0.05, 0) is 19.4 Å². The van der Waals surface area contributed by atoms with Gasteiger partial charge in [0.15, 0.2) is 5.82 Å². The quantitative estimate of drug-likeness (QED) is 0.822. The second-order valence-electron chi connectivity index (χ2n) is 4.41.